The minimum absolute atomic E-state index is 0.00676. The van der Waals surface area contributed by atoms with Crippen molar-refractivity contribution in [3.05, 3.63) is 28.3 Å². The summed E-state index contributed by atoms with van der Waals surface area (Å²) in [4.78, 5) is 10.1. The molecule has 0 aliphatic heterocycles. The molecule has 0 N–H and O–H groups in total. The maximum Gasteiger partial charge on any atom is 0.273 e. The Hall–Kier alpha value is -1.78. The van der Waals surface area contributed by atoms with E-state index in [0.717, 1.165) is 12.8 Å². The van der Waals surface area contributed by atoms with Crippen LogP contribution >= 0.6 is 0 Å². The van der Waals surface area contributed by atoms with Crippen molar-refractivity contribution in [3.63, 3.8) is 0 Å². The molecule has 0 saturated heterocycles. The average molecular weight is 225 g/mol. The van der Waals surface area contributed by atoms with Gasteiger partial charge in [0, 0.05) is 6.07 Å². The van der Waals surface area contributed by atoms with E-state index in [9.17, 15) is 10.1 Å². The summed E-state index contributed by atoms with van der Waals surface area (Å²) < 4.78 is 10.5. The first kappa shape index (κ1) is 12.3. The molecule has 16 heavy (non-hydrogen) atoms. The van der Waals surface area contributed by atoms with Crippen LogP contribution in [0.5, 0.6) is 11.5 Å². The Labute approximate surface area is 94.1 Å². The van der Waals surface area contributed by atoms with Crippen LogP contribution in [0.15, 0.2) is 18.2 Å². The molecular formula is C11H15NO4. The van der Waals surface area contributed by atoms with Crippen LogP contribution in [0.25, 0.3) is 0 Å². The van der Waals surface area contributed by atoms with E-state index in [0.29, 0.717) is 18.1 Å². The molecule has 0 fully saturated rings. The van der Waals surface area contributed by atoms with Crippen molar-refractivity contribution in [2.75, 3.05) is 13.7 Å². The maximum atomic E-state index is 10.6. The van der Waals surface area contributed by atoms with E-state index in [2.05, 4.69) is 0 Å². The largest absolute Gasteiger partial charge is 0.493 e. The minimum Gasteiger partial charge on any atom is -0.493 e. The Morgan fingerprint density at radius 3 is 2.69 bits per heavy atom. The van der Waals surface area contributed by atoms with Gasteiger partial charge in [0.15, 0.2) is 11.5 Å². The zero-order valence-corrected chi connectivity index (χ0v) is 9.43. The molecular weight excluding hydrogens is 210 g/mol. The molecule has 1 aromatic rings. The number of nitro groups is 1. The Morgan fingerprint density at radius 2 is 2.12 bits per heavy atom. The molecule has 0 saturated carbocycles. The van der Waals surface area contributed by atoms with Gasteiger partial charge in [0.1, 0.15) is 0 Å². The lowest BCUT2D eigenvalue weighted by molar-refractivity contribution is -0.385. The van der Waals surface area contributed by atoms with Gasteiger partial charge in [-0.05, 0) is 12.5 Å². The molecule has 0 radical (unpaired) electrons. The summed E-state index contributed by atoms with van der Waals surface area (Å²) in [6.45, 7) is 2.59. The lowest BCUT2D eigenvalue weighted by Crippen LogP contribution is -1.99. The van der Waals surface area contributed by atoms with Gasteiger partial charge in [0.25, 0.3) is 5.69 Å². The van der Waals surface area contributed by atoms with Gasteiger partial charge in [-0.1, -0.05) is 13.3 Å². The number of hydrogen-bond donors (Lipinski definition) is 0. The summed E-state index contributed by atoms with van der Waals surface area (Å²) in [6.07, 6.45) is 1.92. The molecule has 1 rings (SSSR count). The van der Waals surface area contributed by atoms with E-state index >= 15 is 0 Å². The average Bonchev–Trinajstić information content (AvgIpc) is 2.29. The summed E-state index contributed by atoms with van der Waals surface area (Å²) in [5, 5.41) is 10.6. The van der Waals surface area contributed by atoms with Gasteiger partial charge in [-0.3, -0.25) is 10.1 Å². The first-order chi connectivity index (χ1) is 7.69. The number of non-ortho nitro benzene ring substituents is 1. The van der Waals surface area contributed by atoms with Crippen LogP contribution in [0.1, 0.15) is 19.8 Å². The topological polar surface area (TPSA) is 61.6 Å². The number of rotatable bonds is 6. The lowest BCUT2D eigenvalue weighted by atomic mass is 10.3. The molecule has 88 valence electrons. The predicted octanol–water partition coefficient (Wildman–Crippen LogP) is 2.78. The van der Waals surface area contributed by atoms with E-state index in [1.54, 1.807) is 6.07 Å². The Morgan fingerprint density at radius 1 is 1.38 bits per heavy atom. The number of nitrogens with zero attached hydrogens (tertiary/aromatic N) is 1. The van der Waals surface area contributed by atoms with Gasteiger partial charge in [-0.25, -0.2) is 0 Å². The lowest BCUT2D eigenvalue weighted by Gasteiger charge is -2.09. The first-order valence-electron chi connectivity index (χ1n) is 5.14. The Balaban J connectivity index is 2.84. The van der Waals surface area contributed by atoms with Crippen LogP contribution in [0.2, 0.25) is 0 Å². The minimum atomic E-state index is -0.452. The standard InChI is InChI=1S/C11H15NO4/c1-3-4-7-16-11-8-9(12(13)14)5-6-10(11)15-2/h5-6,8H,3-4,7H2,1-2H3. The summed E-state index contributed by atoms with van der Waals surface area (Å²) in [6, 6.07) is 4.32. The molecule has 0 aliphatic rings. The fraction of sp³-hybridized carbons (Fsp3) is 0.455. The van der Waals surface area contributed by atoms with E-state index in [-0.39, 0.29) is 5.69 Å². The zero-order chi connectivity index (χ0) is 12.0. The van der Waals surface area contributed by atoms with Crippen LogP contribution in [0, 0.1) is 10.1 Å². The van der Waals surface area contributed by atoms with Crippen LogP contribution in [-0.4, -0.2) is 18.6 Å². The van der Waals surface area contributed by atoms with Crippen molar-refractivity contribution in [1.82, 2.24) is 0 Å². The monoisotopic (exact) mass is 225 g/mol. The number of ether oxygens (including phenoxy) is 2. The highest BCUT2D eigenvalue weighted by Crippen LogP contribution is 2.31. The molecule has 0 amide bonds. The molecule has 0 spiro atoms. The highest BCUT2D eigenvalue weighted by molar-refractivity contribution is 5.48. The second-order valence-electron chi connectivity index (χ2n) is 3.29. The van der Waals surface area contributed by atoms with Gasteiger partial charge >= 0.3 is 0 Å². The number of methoxy groups -OCH3 is 1. The fourth-order valence-electron chi connectivity index (χ4n) is 1.22. The summed E-state index contributed by atoms with van der Waals surface area (Å²) in [5.41, 5.74) is 0.00676. The van der Waals surface area contributed by atoms with Gasteiger partial charge in [-0.2, -0.15) is 0 Å². The van der Waals surface area contributed by atoms with Crippen molar-refractivity contribution in [2.45, 2.75) is 19.8 Å². The van der Waals surface area contributed by atoms with Crippen LogP contribution < -0.4 is 9.47 Å². The van der Waals surface area contributed by atoms with Crippen molar-refractivity contribution < 1.29 is 14.4 Å². The number of nitro benzene ring substituents is 1. The van der Waals surface area contributed by atoms with Crippen molar-refractivity contribution >= 4 is 5.69 Å². The third-order valence-corrected chi connectivity index (χ3v) is 2.11. The third kappa shape index (κ3) is 3.12. The molecule has 0 heterocycles. The van der Waals surface area contributed by atoms with E-state index in [1.807, 2.05) is 6.92 Å². The molecule has 0 unspecified atom stereocenters. The van der Waals surface area contributed by atoms with E-state index in [1.165, 1.54) is 19.2 Å². The third-order valence-electron chi connectivity index (χ3n) is 2.11. The summed E-state index contributed by atoms with van der Waals surface area (Å²) in [7, 11) is 1.51. The molecule has 5 heteroatoms. The van der Waals surface area contributed by atoms with Gasteiger partial charge < -0.3 is 9.47 Å². The SMILES string of the molecule is CCCCOc1cc([N+](=O)[O-])ccc1OC. The highest BCUT2D eigenvalue weighted by atomic mass is 16.6. The normalized spacial score (nSPS) is 9.88. The molecule has 0 atom stereocenters. The molecule has 0 aromatic heterocycles. The number of unbranched alkanes of at least 4 members (excludes halogenated alkanes) is 1. The molecule has 5 nitrogen and oxygen atoms in total. The Kier molecular flexibility index (Phi) is 4.57. The second kappa shape index (κ2) is 5.95. The zero-order valence-electron chi connectivity index (χ0n) is 9.43. The van der Waals surface area contributed by atoms with Gasteiger partial charge in [0.2, 0.25) is 0 Å². The summed E-state index contributed by atoms with van der Waals surface area (Å²) in [5.74, 6) is 0.937. The summed E-state index contributed by atoms with van der Waals surface area (Å²) >= 11 is 0. The predicted molar refractivity (Wildman–Crippen MR) is 60.1 cm³/mol. The number of benzene rings is 1. The van der Waals surface area contributed by atoms with Gasteiger partial charge in [-0.15, -0.1) is 0 Å². The number of hydrogen-bond acceptors (Lipinski definition) is 4. The van der Waals surface area contributed by atoms with Crippen molar-refractivity contribution in [2.24, 2.45) is 0 Å². The first-order valence-corrected chi connectivity index (χ1v) is 5.14. The quantitative estimate of drug-likeness (QED) is 0.424. The van der Waals surface area contributed by atoms with Crippen LogP contribution in [-0.2, 0) is 0 Å². The van der Waals surface area contributed by atoms with E-state index in [4.69, 9.17) is 9.47 Å². The van der Waals surface area contributed by atoms with Crippen molar-refractivity contribution in [3.8, 4) is 11.5 Å². The van der Waals surface area contributed by atoms with Crippen LogP contribution in [0.3, 0.4) is 0 Å². The van der Waals surface area contributed by atoms with E-state index < -0.39 is 4.92 Å². The van der Waals surface area contributed by atoms with Gasteiger partial charge in [0.05, 0.1) is 24.7 Å². The second-order valence-corrected chi connectivity index (χ2v) is 3.29. The molecule has 0 aliphatic carbocycles. The fourth-order valence-corrected chi connectivity index (χ4v) is 1.22. The highest BCUT2D eigenvalue weighted by Gasteiger charge is 2.11. The Bertz CT molecular complexity index is 365. The molecule has 1 aromatic carbocycles. The van der Waals surface area contributed by atoms with Crippen molar-refractivity contribution in [1.29, 1.82) is 0 Å². The van der Waals surface area contributed by atoms with Crippen LogP contribution in [0.4, 0.5) is 5.69 Å². The smallest absolute Gasteiger partial charge is 0.273 e. The molecule has 0 bridgehead atoms. The maximum absolute atomic E-state index is 10.6.